The minimum Gasteiger partial charge on any atom is -0.490 e. The lowest BCUT2D eigenvalue weighted by Crippen LogP contribution is -2.38. The monoisotopic (exact) mass is 436 g/mol. The van der Waals surface area contributed by atoms with Crippen LogP contribution in [0.5, 0.6) is 5.75 Å². The Morgan fingerprint density at radius 3 is 2.92 bits per heavy atom. The molecule has 0 amide bonds. The van der Waals surface area contributed by atoms with Gasteiger partial charge in [-0.3, -0.25) is 9.30 Å². The third kappa shape index (κ3) is 3.86. The standard InChI is InChI=1S/C18H18BrClN4O2/c19-17-3-1-2-14(22-17)15-11-21-18-10-16(13(20)12-24(15)18)26-9-6-23-4-7-25-8-5-23/h1-3,10-12H,4-9H2. The van der Waals surface area contributed by atoms with E-state index in [1.165, 1.54) is 0 Å². The van der Waals surface area contributed by atoms with E-state index in [9.17, 15) is 0 Å². The number of rotatable bonds is 5. The number of fused-ring (bicyclic) bond motifs is 1. The highest BCUT2D eigenvalue weighted by molar-refractivity contribution is 9.10. The fourth-order valence-electron chi connectivity index (χ4n) is 2.94. The molecule has 26 heavy (non-hydrogen) atoms. The summed E-state index contributed by atoms with van der Waals surface area (Å²) in [6, 6.07) is 7.63. The zero-order chi connectivity index (χ0) is 17.9. The summed E-state index contributed by atoms with van der Waals surface area (Å²) < 4.78 is 13.9. The number of morpholine rings is 1. The van der Waals surface area contributed by atoms with Gasteiger partial charge in [-0.25, -0.2) is 9.97 Å². The van der Waals surface area contributed by atoms with Crippen LogP contribution in [0.25, 0.3) is 17.0 Å². The van der Waals surface area contributed by atoms with E-state index in [0.29, 0.717) is 17.4 Å². The average molecular weight is 438 g/mol. The normalized spacial score (nSPS) is 15.5. The fraction of sp³-hybridized carbons (Fsp3) is 0.333. The van der Waals surface area contributed by atoms with Crippen molar-refractivity contribution in [2.24, 2.45) is 0 Å². The van der Waals surface area contributed by atoms with Crippen molar-refractivity contribution >= 4 is 33.2 Å². The number of nitrogens with zero attached hydrogens (tertiary/aromatic N) is 4. The summed E-state index contributed by atoms with van der Waals surface area (Å²) in [6.07, 6.45) is 3.61. The largest absolute Gasteiger partial charge is 0.490 e. The number of ether oxygens (including phenoxy) is 2. The van der Waals surface area contributed by atoms with Crippen LogP contribution in [-0.4, -0.2) is 58.7 Å². The number of pyridine rings is 2. The van der Waals surface area contributed by atoms with E-state index in [2.05, 4.69) is 30.8 Å². The Kier molecular flexibility index (Phi) is 5.40. The second kappa shape index (κ2) is 7.92. The molecule has 6 nitrogen and oxygen atoms in total. The molecule has 1 saturated heterocycles. The molecule has 0 radical (unpaired) electrons. The van der Waals surface area contributed by atoms with Crippen molar-refractivity contribution in [2.75, 3.05) is 39.5 Å². The van der Waals surface area contributed by atoms with Crippen molar-refractivity contribution in [3.05, 3.63) is 46.3 Å². The van der Waals surface area contributed by atoms with Crippen LogP contribution in [-0.2, 0) is 4.74 Å². The van der Waals surface area contributed by atoms with Crippen molar-refractivity contribution in [3.8, 4) is 17.1 Å². The van der Waals surface area contributed by atoms with Gasteiger partial charge in [0.1, 0.15) is 22.6 Å². The van der Waals surface area contributed by atoms with Crippen molar-refractivity contribution in [1.82, 2.24) is 19.3 Å². The number of halogens is 2. The van der Waals surface area contributed by atoms with Gasteiger partial charge in [0.25, 0.3) is 0 Å². The van der Waals surface area contributed by atoms with Crippen molar-refractivity contribution in [3.63, 3.8) is 0 Å². The SMILES string of the molecule is Clc1cn2c(-c3cccc(Br)n3)cnc2cc1OCCN1CCOCC1. The van der Waals surface area contributed by atoms with Crippen LogP contribution in [0.2, 0.25) is 5.02 Å². The lowest BCUT2D eigenvalue weighted by molar-refractivity contribution is 0.0322. The first-order valence-electron chi connectivity index (χ1n) is 8.43. The van der Waals surface area contributed by atoms with Gasteiger partial charge in [0.15, 0.2) is 0 Å². The molecule has 0 bridgehead atoms. The maximum atomic E-state index is 6.44. The van der Waals surface area contributed by atoms with Gasteiger partial charge in [0, 0.05) is 31.9 Å². The van der Waals surface area contributed by atoms with E-state index < -0.39 is 0 Å². The first-order chi connectivity index (χ1) is 12.7. The van der Waals surface area contributed by atoms with Crippen LogP contribution >= 0.6 is 27.5 Å². The second-order valence-corrected chi connectivity index (χ2v) is 7.22. The molecule has 0 aliphatic carbocycles. The average Bonchev–Trinajstić information content (AvgIpc) is 3.05. The second-order valence-electron chi connectivity index (χ2n) is 6.01. The molecular weight excluding hydrogens is 420 g/mol. The van der Waals surface area contributed by atoms with Crippen molar-refractivity contribution in [1.29, 1.82) is 0 Å². The van der Waals surface area contributed by atoms with E-state index in [4.69, 9.17) is 21.1 Å². The van der Waals surface area contributed by atoms with Crippen LogP contribution in [0, 0.1) is 0 Å². The predicted molar refractivity (Wildman–Crippen MR) is 104 cm³/mol. The molecule has 0 aromatic carbocycles. The smallest absolute Gasteiger partial charge is 0.143 e. The van der Waals surface area contributed by atoms with Crippen molar-refractivity contribution < 1.29 is 9.47 Å². The molecule has 0 saturated carbocycles. The van der Waals surface area contributed by atoms with E-state index in [0.717, 1.165) is 54.5 Å². The zero-order valence-corrected chi connectivity index (χ0v) is 16.4. The highest BCUT2D eigenvalue weighted by atomic mass is 79.9. The van der Waals surface area contributed by atoms with Gasteiger partial charge in [-0.1, -0.05) is 17.7 Å². The number of imidazole rings is 1. The summed E-state index contributed by atoms with van der Waals surface area (Å²) in [4.78, 5) is 11.3. The van der Waals surface area contributed by atoms with E-state index in [1.54, 1.807) is 6.20 Å². The Bertz CT molecular complexity index is 911. The zero-order valence-electron chi connectivity index (χ0n) is 14.1. The summed E-state index contributed by atoms with van der Waals surface area (Å²) in [5, 5.41) is 0.550. The molecule has 3 aromatic heterocycles. The molecule has 1 aliphatic heterocycles. The minimum atomic E-state index is 0.550. The number of hydrogen-bond donors (Lipinski definition) is 0. The lowest BCUT2D eigenvalue weighted by Gasteiger charge is -2.26. The molecule has 0 unspecified atom stereocenters. The van der Waals surface area contributed by atoms with Gasteiger partial charge in [-0.05, 0) is 28.1 Å². The molecule has 1 fully saturated rings. The third-order valence-electron chi connectivity index (χ3n) is 4.31. The first-order valence-corrected chi connectivity index (χ1v) is 9.60. The van der Waals surface area contributed by atoms with Gasteiger partial charge >= 0.3 is 0 Å². The van der Waals surface area contributed by atoms with Gasteiger partial charge in [0.05, 0.1) is 35.8 Å². The quantitative estimate of drug-likeness (QED) is 0.572. The van der Waals surface area contributed by atoms with Crippen LogP contribution in [0.1, 0.15) is 0 Å². The van der Waals surface area contributed by atoms with E-state index in [1.807, 2.05) is 34.9 Å². The molecule has 0 spiro atoms. The number of hydrogen-bond acceptors (Lipinski definition) is 5. The summed E-state index contributed by atoms with van der Waals surface area (Å²) in [5.41, 5.74) is 2.47. The molecule has 4 rings (SSSR count). The Hall–Kier alpha value is -1.67. The third-order valence-corrected chi connectivity index (χ3v) is 5.04. The highest BCUT2D eigenvalue weighted by Gasteiger charge is 2.13. The molecule has 8 heteroatoms. The fourth-order valence-corrected chi connectivity index (χ4v) is 3.49. The Morgan fingerprint density at radius 1 is 1.27 bits per heavy atom. The summed E-state index contributed by atoms with van der Waals surface area (Å²) in [7, 11) is 0. The Labute approximate surface area is 164 Å². The van der Waals surface area contributed by atoms with Gasteiger partial charge in [-0.15, -0.1) is 0 Å². The van der Waals surface area contributed by atoms with Gasteiger partial charge in [-0.2, -0.15) is 0 Å². The highest BCUT2D eigenvalue weighted by Crippen LogP contribution is 2.29. The summed E-state index contributed by atoms with van der Waals surface area (Å²) in [5.74, 6) is 0.645. The molecule has 136 valence electrons. The summed E-state index contributed by atoms with van der Waals surface area (Å²) >= 11 is 9.84. The lowest BCUT2D eigenvalue weighted by atomic mass is 10.3. The maximum absolute atomic E-state index is 6.44. The molecule has 4 heterocycles. The molecule has 0 atom stereocenters. The number of aromatic nitrogens is 3. The Morgan fingerprint density at radius 2 is 2.12 bits per heavy atom. The van der Waals surface area contributed by atoms with E-state index >= 15 is 0 Å². The topological polar surface area (TPSA) is 51.9 Å². The van der Waals surface area contributed by atoms with Gasteiger partial charge in [0.2, 0.25) is 0 Å². The minimum absolute atomic E-state index is 0.550. The first kappa shape index (κ1) is 17.7. The summed E-state index contributed by atoms with van der Waals surface area (Å²) in [6.45, 7) is 4.89. The molecule has 3 aromatic rings. The molecule has 0 N–H and O–H groups in total. The predicted octanol–water partition coefficient (Wildman–Crippen LogP) is 3.52. The Balaban J connectivity index is 1.52. The molecule has 1 aliphatic rings. The van der Waals surface area contributed by atoms with Crippen LogP contribution in [0.4, 0.5) is 0 Å². The van der Waals surface area contributed by atoms with E-state index in [-0.39, 0.29) is 0 Å². The maximum Gasteiger partial charge on any atom is 0.143 e. The molecular formula is C18H18BrClN4O2. The van der Waals surface area contributed by atoms with Crippen LogP contribution < -0.4 is 4.74 Å². The van der Waals surface area contributed by atoms with Crippen LogP contribution in [0.15, 0.2) is 41.3 Å². The van der Waals surface area contributed by atoms with Crippen molar-refractivity contribution in [2.45, 2.75) is 0 Å². The van der Waals surface area contributed by atoms with Gasteiger partial charge < -0.3 is 9.47 Å². The van der Waals surface area contributed by atoms with Crippen LogP contribution in [0.3, 0.4) is 0 Å².